The van der Waals surface area contributed by atoms with Crippen molar-refractivity contribution in [3.8, 4) is 0 Å². The molecule has 2 aromatic rings. The lowest BCUT2D eigenvalue weighted by atomic mass is 10.1. The first-order chi connectivity index (χ1) is 9.56. The summed E-state index contributed by atoms with van der Waals surface area (Å²) >= 11 is 4.83. The third-order valence-electron chi connectivity index (χ3n) is 3.57. The van der Waals surface area contributed by atoms with E-state index in [0.29, 0.717) is 23.7 Å². The topological polar surface area (TPSA) is 66.6 Å². The van der Waals surface area contributed by atoms with Gasteiger partial charge in [-0.1, -0.05) is 15.9 Å². The smallest absolute Gasteiger partial charge is 0.266 e. The molecule has 1 aliphatic rings. The molecule has 1 unspecified atom stereocenters. The van der Waals surface area contributed by atoms with Gasteiger partial charge in [0.05, 0.1) is 11.8 Å². The van der Waals surface area contributed by atoms with Crippen LogP contribution < -0.4 is 5.73 Å². The van der Waals surface area contributed by atoms with E-state index in [1.165, 1.54) is 11.3 Å². The fourth-order valence-electron chi connectivity index (χ4n) is 2.53. The molecule has 1 fully saturated rings. The highest BCUT2D eigenvalue weighted by Crippen LogP contribution is 2.36. The number of nitrogens with two attached hydrogens (primary N) is 1. The van der Waals surface area contributed by atoms with Crippen molar-refractivity contribution in [3.63, 3.8) is 0 Å². The van der Waals surface area contributed by atoms with Gasteiger partial charge in [0.1, 0.15) is 4.88 Å². The van der Waals surface area contributed by atoms with E-state index in [2.05, 4.69) is 15.9 Å². The van der Waals surface area contributed by atoms with Gasteiger partial charge < -0.3 is 15.7 Å². The maximum absolute atomic E-state index is 12.6. The number of aliphatic hydroxyl groups is 1. The Morgan fingerprint density at radius 1 is 1.50 bits per heavy atom. The van der Waals surface area contributed by atoms with Gasteiger partial charge in [-0.25, -0.2) is 0 Å². The number of hydrogen-bond acceptors (Lipinski definition) is 4. The second-order valence-electron chi connectivity index (χ2n) is 5.03. The zero-order valence-electron chi connectivity index (χ0n) is 10.8. The second kappa shape index (κ2) is 5.35. The van der Waals surface area contributed by atoms with Gasteiger partial charge >= 0.3 is 0 Å². The number of anilines is 1. The maximum atomic E-state index is 12.6. The largest absolute Gasteiger partial charge is 0.397 e. The summed E-state index contributed by atoms with van der Waals surface area (Å²) in [5.74, 6) is -0.0708. The Morgan fingerprint density at radius 2 is 2.30 bits per heavy atom. The average Bonchev–Trinajstić information content (AvgIpc) is 2.75. The first-order valence-electron chi connectivity index (χ1n) is 6.51. The van der Waals surface area contributed by atoms with Crippen molar-refractivity contribution in [3.05, 3.63) is 27.5 Å². The van der Waals surface area contributed by atoms with Gasteiger partial charge in [-0.05, 0) is 31.0 Å². The fraction of sp³-hybridized carbons (Fsp3) is 0.357. The lowest BCUT2D eigenvalue weighted by molar-refractivity contribution is 0.0478. The van der Waals surface area contributed by atoms with E-state index in [-0.39, 0.29) is 5.91 Å². The number of β-amino-alcohol motifs (C(OH)–C–C–N with tert-alkyl or cyclic N) is 1. The minimum atomic E-state index is -0.419. The first-order valence-corrected chi connectivity index (χ1v) is 8.12. The number of carbonyl (C=O) groups excluding carboxylic acids is 1. The quantitative estimate of drug-likeness (QED) is 0.827. The lowest BCUT2D eigenvalue weighted by Gasteiger charge is -2.29. The summed E-state index contributed by atoms with van der Waals surface area (Å²) in [4.78, 5) is 14.8. The highest BCUT2D eigenvalue weighted by molar-refractivity contribution is 9.10. The summed E-state index contributed by atoms with van der Waals surface area (Å²) in [7, 11) is 0. The first kappa shape index (κ1) is 13.9. The number of hydrogen-bond donors (Lipinski definition) is 2. The van der Waals surface area contributed by atoms with E-state index >= 15 is 0 Å². The number of thiophene rings is 1. The van der Waals surface area contributed by atoms with E-state index in [0.717, 1.165) is 27.4 Å². The van der Waals surface area contributed by atoms with Gasteiger partial charge in [0, 0.05) is 27.6 Å². The number of rotatable bonds is 1. The van der Waals surface area contributed by atoms with Gasteiger partial charge in [-0.15, -0.1) is 11.3 Å². The summed E-state index contributed by atoms with van der Waals surface area (Å²) in [5.41, 5.74) is 6.67. The molecule has 6 heteroatoms. The SMILES string of the molecule is Nc1c(C(=O)N2CCCC(O)C2)sc2ccc(Br)cc12. The molecule has 1 aromatic carbocycles. The summed E-state index contributed by atoms with van der Waals surface area (Å²) in [5, 5.41) is 10.6. The van der Waals surface area contributed by atoms with Crippen LogP contribution >= 0.6 is 27.3 Å². The van der Waals surface area contributed by atoms with Crippen molar-refractivity contribution in [1.29, 1.82) is 0 Å². The molecular weight excluding hydrogens is 340 g/mol. The third kappa shape index (κ3) is 2.43. The molecule has 20 heavy (non-hydrogen) atoms. The van der Waals surface area contributed by atoms with Crippen LogP contribution in [0.25, 0.3) is 10.1 Å². The maximum Gasteiger partial charge on any atom is 0.266 e. The van der Waals surface area contributed by atoms with Crippen molar-refractivity contribution in [2.24, 2.45) is 0 Å². The standard InChI is InChI=1S/C14H15BrN2O2S/c15-8-3-4-11-10(6-8)12(16)13(20-11)14(19)17-5-1-2-9(18)7-17/h3-4,6,9,18H,1-2,5,7,16H2. The number of nitrogen functional groups attached to an aromatic ring is 1. The van der Waals surface area contributed by atoms with Crippen LogP contribution in [-0.4, -0.2) is 35.1 Å². The molecular formula is C14H15BrN2O2S. The number of fused-ring (bicyclic) bond motifs is 1. The molecule has 3 N–H and O–H groups in total. The second-order valence-corrected chi connectivity index (χ2v) is 7.00. The number of amides is 1. The number of likely N-dealkylation sites (tertiary alicyclic amines) is 1. The van der Waals surface area contributed by atoms with Crippen LogP contribution in [0.15, 0.2) is 22.7 Å². The molecule has 1 saturated heterocycles. The molecule has 2 heterocycles. The van der Waals surface area contributed by atoms with Gasteiger partial charge in [0.2, 0.25) is 0 Å². The van der Waals surface area contributed by atoms with Crippen LogP contribution in [0.1, 0.15) is 22.5 Å². The van der Waals surface area contributed by atoms with Crippen LogP contribution in [0.2, 0.25) is 0 Å². The molecule has 0 saturated carbocycles. The molecule has 0 bridgehead atoms. The number of piperidine rings is 1. The molecule has 1 amide bonds. The predicted octanol–water partition coefficient (Wildman–Crippen LogP) is 2.84. The minimum absolute atomic E-state index is 0.0708. The molecule has 0 radical (unpaired) electrons. The summed E-state index contributed by atoms with van der Waals surface area (Å²) in [6, 6.07) is 5.84. The number of nitrogens with zero attached hydrogens (tertiary/aromatic N) is 1. The normalized spacial score (nSPS) is 19.5. The van der Waals surface area contributed by atoms with Crippen LogP contribution in [0, 0.1) is 0 Å². The molecule has 106 valence electrons. The minimum Gasteiger partial charge on any atom is -0.397 e. The van der Waals surface area contributed by atoms with Crippen LogP contribution in [0.5, 0.6) is 0 Å². The van der Waals surface area contributed by atoms with Crippen LogP contribution in [0.3, 0.4) is 0 Å². The van der Waals surface area contributed by atoms with E-state index in [9.17, 15) is 9.90 Å². The van der Waals surface area contributed by atoms with E-state index < -0.39 is 6.10 Å². The number of carbonyl (C=O) groups is 1. The Kier molecular flexibility index (Phi) is 3.70. The lowest BCUT2D eigenvalue weighted by Crippen LogP contribution is -2.42. The van der Waals surface area contributed by atoms with Gasteiger partial charge in [-0.3, -0.25) is 4.79 Å². The Labute approximate surface area is 129 Å². The third-order valence-corrected chi connectivity index (χ3v) is 5.23. The van der Waals surface area contributed by atoms with Crippen LogP contribution in [-0.2, 0) is 0 Å². The summed E-state index contributed by atoms with van der Waals surface area (Å²) in [6.07, 6.45) is 1.18. The average molecular weight is 355 g/mol. The Hall–Kier alpha value is -1.11. The molecule has 1 atom stereocenters. The summed E-state index contributed by atoms with van der Waals surface area (Å²) in [6.45, 7) is 1.09. The van der Waals surface area contributed by atoms with Crippen molar-refractivity contribution in [1.82, 2.24) is 4.90 Å². The van der Waals surface area contributed by atoms with Gasteiger partial charge in [0.15, 0.2) is 0 Å². The molecule has 1 aliphatic heterocycles. The van der Waals surface area contributed by atoms with Crippen molar-refractivity contribution in [2.45, 2.75) is 18.9 Å². The number of halogens is 1. The molecule has 3 rings (SSSR count). The van der Waals surface area contributed by atoms with Crippen molar-refractivity contribution >= 4 is 48.9 Å². The van der Waals surface area contributed by atoms with Gasteiger partial charge in [0.25, 0.3) is 5.91 Å². The monoisotopic (exact) mass is 354 g/mol. The number of benzene rings is 1. The highest BCUT2D eigenvalue weighted by Gasteiger charge is 2.26. The summed E-state index contributed by atoms with van der Waals surface area (Å²) < 4.78 is 1.95. The van der Waals surface area contributed by atoms with Gasteiger partial charge in [-0.2, -0.15) is 0 Å². The zero-order valence-corrected chi connectivity index (χ0v) is 13.2. The van der Waals surface area contributed by atoms with Crippen molar-refractivity contribution < 1.29 is 9.90 Å². The molecule has 0 aliphatic carbocycles. The fourth-order valence-corrected chi connectivity index (χ4v) is 3.96. The van der Waals surface area contributed by atoms with E-state index in [1.54, 1.807) is 4.90 Å². The van der Waals surface area contributed by atoms with Crippen molar-refractivity contribution in [2.75, 3.05) is 18.8 Å². The highest BCUT2D eigenvalue weighted by atomic mass is 79.9. The zero-order chi connectivity index (χ0) is 14.3. The Balaban J connectivity index is 1.97. The van der Waals surface area contributed by atoms with Crippen LogP contribution in [0.4, 0.5) is 5.69 Å². The molecule has 1 aromatic heterocycles. The predicted molar refractivity (Wildman–Crippen MR) is 85.1 cm³/mol. The Morgan fingerprint density at radius 3 is 3.05 bits per heavy atom. The molecule has 0 spiro atoms. The molecule has 4 nitrogen and oxygen atoms in total. The Bertz CT molecular complexity index is 670. The van der Waals surface area contributed by atoms with E-state index in [1.807, 2.05) is 18.2 Å². The number of aliphatic hydroxyl groups excluding tert-OH is 1. The van der Waals surface area contributed by atoms with E-state index in [4.69, 9.17) is 5.73 Å².